The van der Waals surface area contributed by atoms with Crippen molar-refractivity contribution in [1.29, 1.82) is 0 Å². The Morgan fingerprint density at radius 3 is 2.55 bits per heavy atom. The number of hydrogen-bond acceptors (Lipinski definition) is 7. The number of nitro benzene ring substituents is 1. The lowest BCUT2D eigenvalue weighted by molar-refractivity contribution is -0.384. The van der Waals surface area contributed by atoms with E-state index in [1.165, 1.54) is 24.3 Å². The van der Waals surface area contributed by atoms with Gasteiger partial charge in [-0.15, -0.1) is 0 Å². The molecule has 158 valence electrons. The van der Waals surface area contributed by atoms with E-state index in [-0.39, 0.29) is 23.2 Å². The Labute approximate surface area is 182 Å². The number of hydrogen-bond donors (Lipinski definition) is 2. The number of nitrogens with zero attached hydrogens (tertiary/aromatic N) is 1. The zero-order valence-electron chi connectivity index (χ0n) is 16.3. The summed E-state index contributed by atoms with van der Waals surface area (Å²) in [7, 11) is 0. The topological polar surface area (TPSA) is 124 Å². The molecular formula is C21H17N3O6S. The van der Waals surface area contributed by atoms with Crippen LogP contribution in [-0.4, -0.2) is 28.5 Å². The number of carbonyl (C=O) groups is 2. The molecule has 0 fully saturated rings. The van der Waals surface area contributed by atoms with Crippen LogP contribution < -0.4 is 10.6 Å². The van der Waals surface area contributed by atoms with E-state index in [0.29, 0.717) is 22.6 Å². The lowest BCUT2D eigenvalue weighted by atomic mass is 10.1. The largest absolute Gasteiger partial charge is 0.462 e. The maximum Gasteiger partial charge on any atom is 0.338 e. The lowest BCUT2D eigenvalue weighted by Gasteiger charge is -2.09. The minimum Gasteiger partial charge on any atom is -0.462 e. The van der Waals surface area contributed by atoms with Gasteiger partial charge in [-0.25, -0.2) is 4.79 Å². The van der Waals surface area contributed by atoms with E-state index in [2.05, 4.69) is 10.6 Å². The van der Waals surface area contributed by atoms with E-state index < -0.39 is 16.8 Å². The fourth-order valence-corrected chi connectivity index (χ4v) is 2.83. The van der Waals surface area contributed by atoms with E-state index in [1.807, 2.05) is 0 Å². The SMILES string of the molecule is CCOC(=O)c1ccc(NC(=S)NC(=O)c2ccc(-c3cccc([N+](=O)[O-])c3)o2)cc1. The summed E-state index contributed by atoms with van der Waals surface area (Å²) in [5.41, 5.74) is 1.34. The summed E-state index contributed by atoms with van der Waals surface area (Å²) in [6.45, 7) is 2.01. The van der Waals surface area contributed by atoms with Gasteiger partial charge in [-0.05, 0) is 55.5 Å². The molecule has 0 aliphatic rings. The number of rotatable bonds is 6. The third kappa shape index (κ3) is 5.52. The van der Waals surface area contributed by atoms with E-state index in [4.69, 9.17) is 21.4 Å². The van der Waals surface area contributed by atoms with Gasteiger partial charge in [0.05, 0.1) is 17.1 Å². The monoisotopic (exact) mass is 439 g/mol. The van der Waals surface area contributed by atoms with Gasteiger partial charge in [0.25, 0.3) is 11.6 Å². The predicted octanol–water partition coefficient (Wildman–Crippen LogP) is 4.16. The number of furan rings is 1. The fraction of sp³-hybridized carbons (Fsp3) is 0.0952. The van der Waals surface area contributed by atoms with Crippen molar-refractivity contribution in [2.75, 3.05) is 11.9 Å². The highest BCUT2D eigenvalue weighted by atomic mass is 32.1. The zero-order chi connectivity index (χ0) is 22.4. The molecule has 0 aliphatic heterocycles. The van der Waals surface area contributed by atoms with Crippen LogP contribution in [-0.2, 0) is 4.74 Å². The summed E-state index contributed by atoms with van der Waals surface area (Å²) in [5, 5.41) is 16.3. The number of carbonyl (C=O) groups excluding carboxylic acids is 2. The number of non-ortho nitro benzene ring substituents is 1. The molecule has 0 radical (unpaired) electrons. The van der Waals surface area contributed by atoms with Crippen molar-refractivity contribution >= 4 is 40.6 Å². The number of esters is 1. The molecule has 2 N–H and O–H groups in total. The van der Waals surface area contributed by atoms with Crippen molar-refractivity contribution in [3.05, 3.63) is 82.1 Å². The summed E-state index contributed by atoms with van der Waals surface area (Å²) in [6.07, 6.45) is 0. The zero-order valence-corrected chi connectivity index (χ0v) is 17.1. The van der Waals surface area contributed by atoms with Gasteiger partial charge in [-0.2, -0.15) is 0 Å². The Morgan fingerprint density at radius 1 is 1.13 bits per heavy atom. The van der Waals surface area contributed by atoms with Crippen LogP contribution in [0.1, 0.15) is 27.8 Å². The van der Waals surface area contributed by atoms with Gasteiger partial charge in [0.2, 0.25) is 0 Å². The quantitative estimate of drug-likeness (QED) is 0.254. The van der Waals surface area contributed by atoms with Crippen LogP contribution in [0.25, 0.3) is 11.3 Å². The van der Waals surface area contributed by atoms with Crippen molar-refractivity contribution in [3.8, 4) is 11.3 Å². The Balaban J connectivity index is 1.62. The fourth-order valence-electron chi connectivity index (χ4n) is 2.62. The van der Waals surface area contributed by atoms with Crippen LogP contribution in [0.3, 0.4) is 0 Å². The first kappa shape index (κ1) is 21.7. The molecule has 0 saturated carbocycles. The minimum absolute atomic E-state index is 0.0108. The van der Waals surface area contributed by atoms with E-state index in [1.54, 1.807) is 43.3 Å². The third-order valence-corrected chi connectivity index (χ3v) is 4.26. The summed E-state index contributed by atoms with van der Waals surface area (Å²) in [5.74, 6) is -0.717. The molecule has 1 aromatic heterocycles. The van der Waals surface area contributed by atoms with Crippen molar-refractivity contribution in [3.63, 3.8) is 0 Å². The molecule has 1 amide bonds. The highest BCUT2D eigenvalue weighted by Crippen LogP contribution is 2.25. The van der Waals surface area contributed by atoms with Crippen LogP contribution in [0.15, 0.2) is 65.1 Å². The van der Waals surface area contributed by atoms with E-state index in [0.717, 1.165) is 0 Å². The molecule has 0 saturated heterocycles. The summed E-state index contributed by atoms with van der Waals surface area (Å²) in [6, 6.07) is 15.3. The molecule has 0 unspecified atom stereocenters. The van der Waals surface area contributed by atoms with Gasteiger partial charge in [0, 0.05) is 23.4 Å². The van der Waals surface area contributed by atoms with Crippen LogP contribution in [0.2, 0.25) is 0 Å². The molecule has 0 bridgehead atoms. The van der Waals surface area contributed by atoms with Crippen LogP contribution in [0.4, 0.5) is 11.4 Å². The molecule has 9 nitrogen and oxygen atoms in total. The lowest BCUT2D eigenvalue weighted by Crippen LogP contribution is -2.33. The average molecular weight is 439 g/mol. The number of nitro groups is 1. The molecule has 0 aliphatic carbocycles. The standard InChI is InChI=1S/C21H17N3O6S/c1-2-29-20(26)13-6-8-15(9-7-13)22-21(31)23-19(25)18-11-10-17(30-18)14-4-3-5-16(12-14)24(27)28/h3-12H,2H2,1H3,(H2,22,23,25,31). The first-order chi connectivity index (χ1) is 14.9. The number of ether oxygens (including phenoxy) is 1. The molecule has 3 aromatic rings. The molecule has 3 rings (SSSR count). The molecule has 31 heavy (non-hydrogen) atoms. The number of nitrogens with one attached hydrogen (secondary N) is 2. The highest BCUT2D eigenvalue weighted by molar-refractivity contribution is 7.80. The van der Waals surface area contributed by atoms with Gasteiger partial charge in [-0.1, -0.05) is 12.1 Å². The van der Waals surface area contributed by atoms with Crippen LogP contribution in [0, 0.1) is 10.1 Å². The number of benzene rings is 2. The number of thiocarbonyl (C=S) groups is 1. The molecule has 1 heterocycles. The van der Waals surface area contributed by atoms with Crippen molar-refractivity contribution in [2.24, 2.45) is 0 Å². The van der Waals surface area contributed by atoms with Crippen LogP contribution in [0.5, 0.6) is 0 Å². The second-order valence-corrected chi connectivity index (χ2v) is 6.59. The van der Waals surface area contributed by atoms with Crippen molar-refractivity contribution in [2.45, 2.75) is 6.92 Å². The number of amides is 1. The first-order valence-corrected chi connectivity index (χ1v) is 9.52. The number of anilines is 1. The first-order valence-electron chi connectivity index (χ1n) is 9.11. The molecule has 2 aromatic carbocycles. The summed E-state index contributed by atoms with van der Waals surface area (Å²) >= 11 is 5.13. The van der Waals surface area contributed by atoms with Gasteiger partial charge in [-0.3, -0.25) is 20.2 Å². The van der Waals surface area contributed by atoms with E-state index in [9.17, 15) is 19.7 Å². The van der Waals surface area contributed by atoms with Crippen molar-refractivity contribution in [1.82, 2.24) is 5.32 Å². The Morgan fingerprint density at radius 2 is 1.87 bits per heavy atom. The van der Waals surface area contributed by atoms with Gasteiger partial charge >= 0.3 is 5.97 Å². The summed E-state index contributed by atoms with van der Waals surface area (Å²) < 4.78 is 10.4. The van der Waals surface area contributed by atoms with E-state index >= 15 is 0 Å². The predicted molar refractivity (Wildman–Crippen MR) is 117 cm³/mol. The van der Waals surface area contributed by atoms with Gasteiger partial charge in [0.1, 0.15) is 5.76 Å². The normalized spacial score (nSPS) is 10.2. The smallest absolute Gasteiger partial charge is 0.338 e. The molecular weight excluding hydrogens is 422 g/mol. The highest BCUT2D eigenvalue weighted by Gasteiger charge is 2.15. The van der Waals surface area contributed by atoms with Crippen molar-refractivity contribution < 1.29 is 23.7 Å². The van der Waals surface area contributed by atoms with Gasteiger partial charge < -0.3 is 14.5 Å². The Bertz CT molecular complexity index is 1140. The second kappa shape index (κ2) is 9.63. The molecule has 10 heteroatoms. The van der Waals surface area contributed by atoms with Crippen LogP contribution >= 0.6 is 12.2 Å². The Kier molecular flexibility index (Phi) is 6.73. The maximum atomic E-state index is 12.4. The molecule has 0 atom stereocenters. The Hall–Kier alpha value is -4.05. The second-order valence-electron chi connectivity index (χ2n) is 6.18. The summed E-state index contributed by atoms with van der Waals surface area (Å²) in [4.78, 5) is 34.5. The molecule has 0 spiro atoms. The average Bonchev–Trinajstić information content (AvgIpc) is 3.25. The minimum atomic E-state index is -0.586. The third-order valence-electron chi connectivity index (χ3n) is 4.05. The van der Waals surface area contributed by atoms with Gasteiger partial charge in [0.15, 0.2) is 10.9 Å². The maximum absolute atomic E-state index is 12.4.